The molecule has 6 heteroatoms. The van der Waals surface area contributed by atoms with Gasteiger partial charge in [-0.2, -0.15) is 0 Å². The minimum Gasteiger partial charge on any atom is -0.451 e. The highest BCUT2D eigenvalue weighted by Crippen LogP contribution is 2.29. The molecule has 1 aromatic carbocycles. The second-order valence-corrected chi connectivity index (χ2v) is 7.99. The summed E-state index contributed by atoms with van der Waals surface area (Å²) in [5.74, 6) is -0.740. The maximum Gasteiger partial charge on any atom is 0.348 e. The number of thiophene rings is 1. The number of hydrogen-bond acceptors (Lipinski definition) is 5. The largest absolute Gasteiger partial charge is 0.451 e. The van der Waals surface area contributed by atoms with Gasteiger partial charge in [0.1, 0.15) is 4.88 Å². The molecule has 0 aliphatic heterocycles. The van der Waals surface area contributed by atoms with Crippen molar-refractivity contribution < 1.29 is 14.3 Å². The van der Waals surface area contributed by atoms with Gasteiger partial charge in [0.15, 0.2) is 6.61 Å². The molecule has 1 aliphatic carbocycles. The van der Waals surface area contributed by atoms with Crippen molar-refractivity contribution in [3.05, 3.63) is 45.6 Å². The van der Waals surface area contributed by atoms with E-state index < -0.39 is 5.97 Å². The zero-order valence-corrected chi connectivity index (χ0v) is 15.8. The fourth-order valence-electron chi connectivity index (χ4n) is 2.87. The van der Waals surface area contributed by atoms with Crippen molar-refractivity contribution in [2.24, 2.45) is 0 Å². The summed E-state index contributed by atoms with van der Waals surface area (Å²) in [5, 5.41) is 2.75. The molecule has 0 unspecified atom stereocenters. The Morgan fingerprint density at radius 2 is 2.04 bits per heavy atom. The van der Waals surface area contributed by atoms with Gasteiger partial charge in [-0.3, -0.25) is 4.79 Å². The van der Waals surface area contributed by atoms with E-state index in [9.17, 15) is 9.59 Å². The smallest absolute Gasteiger partial charge is 0.348 e. The number of hydrogen-bond donors (Lipinski definition) is 1. The zero-order valence-electron chi connectivity index (χ0n) is 14.2. The van der Waals surface area contributed by atoms with Gasteiger partial charge >= 0.3 is 5.97 Å². The first-order chi connectivity index (χ1) is 12.2. The molecule has 1 N–H and O–H groups in total. The Morgan fingerprint density at radius 1 is 1.20 bits per heavy atom. The minimum atomic E-state index is -0.411. The van der Waals surface area contributed by atoms with Crippen LogP contribution in [-0.2, 0) is 22.4 Å². The molecule has 1 aliphatic rings. The maximum atomic E-state index is 12.2. The molecule has 0 bridgehead atoms. The predicted octanol–water partition coefficient (Wildman–Crippen LogP) is 4.53. The van der Waals surface area contributed by atoms with E-state index in [1.807, 2.05) is 36.6 Å². The highest BCUT2D eigenvalue weighted by Gasteiger charge is 2.18. The molecular formula is C19H21NO3S2. The molecule has 0 atom stereocenters. The Labute approximate surface area is 156 Å². The standard InChI is InChI=1S/C19H21NO3S2/c1-24-15-8-5-7-14(11-15)20-18(21)12-23-19(22)17-10-13-6-3-2-4-9-16(13)25-17/h5,7-8,10-11H,2-4,6,9,12H2,1H3,(H,20,21). The van der Waals surface area contributed by atoms with Gasteiger partial charge in [-0.25, -0.2) is 4.79 Å². The van der Waals surface area contributed by atoms with Crippen molar-refractivity contribution in [1.82, 2.24) is 0 Å². The summed E-state index contributed by atoms with van der Waals surface area (Å²) in [6.45, 7) is -0.273. The quantitative estimate of drug-likeness (QED) is 0.474. The fourth-order valence-corrected chi connectivity index (χ4v) is 4.48. The van der Waals surface area contributed by atoms with Gasteiger partial charge in [-0.1, -0.05) is 12.5 Å². The molecule has 1 aromatic heterocycles. The monoisotopic (exact) mass is 375 g/mol. The van der Waals surface area contributed by atoms with Crippen molar-refractivity contribution in [2.45, 2.75) is 37.0 Å². The Bertz CT molecular complexity index is 746. The highest BCUT2D eigenvalue weighted by molar-refractivity contribution is 7.98. The van der Waals surface area contributed by atoms with Crippen LogP contribution in [-0.4, -0.2) is 24.7 Å². The molecule has 1 amide bonds. The number of carbonyl (C=O) groups is 2. The molecule has 0 saturated heterocycles. The summed E-state index contributed by atoms with van der Waals surface area (Å²) in [5.41, 5.74) is 1.98. The Kier molecular flexibility index (Phi) is 6.15. The number of carbonyl (C=O) groups excluding carboxylic acids is 2. The average Bonchev–Trinajstić information content (AvgIpc) is 2.90. The van der Waals surface area contributed by atoms with Crippen LogP contribution in [0.1, 0.15) is 39.4 Å². The Hall–Kier alpha value is -1.79. The summed E-state index contributed by atoms with van der Waals surface area (Å²) >= 11 is 3.11. The van der Waals surface area contributed by atoms with Crippen LogP contribution in [0.4, 0.5) is 5.69 Å². The normalized spacial score (nSPS) is 13.6. The number of rotatable bonds is 5. The average molecular weight is 376 g/mol. The van der Waals surface area contributed by atoms with Crippen LogP contribution < -0.4 is 5.32 Å². The first-order valence-electron chi connectivity index (χ1n) is 8.38. The van der Waals surface area contributed by atoms with E-state index in [-0.39, 0.29) is 12.5 Å². The molecule has 25 heavy (non-hydrogen) atoms. The second-order valence-electron chi connectivity index (χ2n) is 5.98. The molecule has 0 spiro atoms. The van der Waals surface area contributed by atoms with Crippen molar-refractivity contribution >= 4 is 40.7 Å². The molecule has 3 rings (SSSR count). The van der Waals surface area contributed by atoms with Gasteiger partial charge in [-0.05, 0) is 61.8 Å². The van der Waals surface area contributed by atoms with Crippen LogP contribution in [0.5, 0.6) is 0 Å². The Morgan fingerprint density at radius 3 is 2.88 bits per heavy atom. The fraction of sp³-hybridized carbons (Fsp3) is 0.368. The lowest BCUT2D eigenvalue weighted by atomic mass is 10.1. The van der Waals surface area contributed by atoms with Crippen molar-refractivity contribution in [1.29, 1.82) is 0 Å². The molecule has 0 fully saturated rings. The van der Waals surface area contributed by atoms with Crippen LogP contribution >= 0.6 is 23.1 Å². The van der Waals surface area contributed by atoms with Gasteiger partial charge in [0.2, 0.25) is 0 Å². The first kappa shape index (κ1) is 18.0. The van der Waals surface area contributed by atoms with Crippen LogP contribution in [0.25, 0.3) is 0 Å². The van der Waals surface area contributed by atoms with E-state index in [4.69, 9.17) is 4.74 Å². The van der Waals surface area contributed by atoms with E-state index in [2.05, 4.69) is 5.32 Å². The number of ether oxygens (including phenoxy) is 1. The topological polar surface area (TPSA) is 55.4 Å². The Balaban J connectivity index is 1.54. The second kappa shape index (κ2) is 8.54. The third kappa shape index (κ3) is 4.86. The van der Waals surface area contributed by atoms with Gasteiger partial charge in [0, 0.05) is 15.5 Å². The summed E-state index contributed by atoms with van der Waals surface area (Å²) in [6.07, 6.45) is 7.66. The molecular weight excluding hydrogens is 354 g/mol. The number of aryl methyl sites for hydroxylation is 2. The third-order valence-electron chi connectivity index (χ3n) is 4.14. The van der Waals surface area contributed by atoms with Crippen LogP contribution in [0.2, 0.25) is 0 Å². The van der Waals surface area contributed by atoms with E-state index in [1.165, 1.54) is 41.0 Å². The van der Waals surface area contributed by atoms with Gasteiger partial charge in [0.05, 0.1) is 0 Å². The van der Waals surface area contributed by atoms with E-state index >= 15 is 0 Å². The van der Waals surface area contributed by atoms with E-state index in [0.717, 1.165) is 17.7 Å². The predicted molar refractivity (Wildman–Crippen MR) is 103 cm³/mol. The zero-order chi connectivity index (χ0) is 17.6. The van der Waals surface area contributed by atoms with Gasteiger partial charge < -0.3 is 10.1 Å². The van der Waals surface area contributed by atoms with E-state index in [0.29, 0.717) is 10.6 Å². The molecule has 132 valence electrons. The SMILES string of the molecule is CSc1cccc(NC(=O)COC(=O)c2cc3c(s2)CCCCC3)c1. The van der Waals surface area contributed by atoms with E-state index in [1.54, 1.807) is 11.8 Å². The van der Waals surface area contributed by atoms with Gasteiger partial charge in [-0.15, -0.1) is 23.1 Å². The van der Waals surface area contributed by atoms with Crippen LogP contribution in [0.3, 0.4) is 0 Å². The summed E-state index contributed by atoms with van der Waals surface area (Å²) in [4.78, 5) is 27.2. The molecule has 1 heterocycles. The molecule has 2 aromatic rings. The molecule has 4 nitrogen and oxygen atoms in total. The molecule has 0 radical (unpaired) electrons. The first-order valence-corrected chi connectivity index (χ1v) is 10.4. The number of fused-ring (bicyclic) bond motifs is 1. The van der Waals surface area contributed by atoms with Crippen LogP contribution in [0, 0.1) is 0 Å². The number of benzene rings is 1. The minimum absolute atomic E-state index is 0.273. The lowest BCUT2D eigenvalue weighted by Crippen LogP contribution is -2.20. The van der Waals surface area contributed by atoms with Gasteiger partial charge in [0.25, 0.3) is 5.91 Å². The summed E-state index contributed by atoms with van der Waals surface area (Å²) < 4.78 is 5.18. The lowest BCUT2D eigenvalue weighted by Gasteiger charge is -2.07. The number of nitrogens with one attached hydrogen (secondary N) is 1. The summed E-state index contributed by atoms with van der Waals surface area (Å²) in [7, 11) is 0. The van der Waals surface area contributed by atoms with Crippen molar-refractivity contribution in [3.8, 4) is 0 Å². The number of thioether (sulfide) groups is 1. The van der Waals surface area contributed by atoms with Crippen molar-refractivity contribution in [2.75, 3.05) is 18.2 Å². The van der Waals surface area contributed by atoms with Crippen molar-refractivity contribution in [3.63, 3.8) is 0 Å². The van der Waals surface area contributed by atoms with Crippen LogP contribution in [0.15, 0.2) is 35.2 Å². The third-order valence-corrected chi connectivity index (χ3v) is 6.08. The number of anilines is 1. The lowest BCUT2D eigenvalue weighted by molar-refractivity contribution is -0.119. The highest BCUT2D eigenvalue weighted by atomic mass is 32.2. The maximum absolute atomic E-state index is 12.2. The number of amides is 1. The summed E-state index contributed by atoms with van der Waals surface area (Å²) in [6, 6.07) is 9.50. The molecule has 0 saturated carbocycles. The number of esters is 1.